The summed E-state index contributed by atoms with van der Waals surface area (Å²) in [4.78, 5) is 17.4. The summed E-state index contributed by atoms with van der Waals surface area (Å²) in [6.45, 7) is 2.37. The fourth-order valence-electron chi connectivity index (χ4n) is 3.11. The van der Waals surface area contributed by atoms with Crippen LogP contribution in [-0.4, -0.2) is 35.7 Å². The molecule has 1 atom stereocenters. The van der Waals surface area contributed by atoms with Crippen molar-refractivity contribution in [3.63, 3.8) is 0 Å². The maximum atomic E-state index is 12.9. The zero-order valence-electron chi connectivity index (χ0n) is 15.1. The van der Waals surface area contributed by atoms with Gasteiger partial charge in [0.15, 0.2) is 6.04 Å². The lowest BCUT2D eigenvalue weighted by atomic mass is 10.1. The SMILES string of the molecule is Cc1nc2cc(CNC(=O)[C@H](c3ccccc3)n3cnnn3)ccc2n1C. The summed E-state index contributed by atoms with van der Waals surface area (Å²) in [6.07, 6.45) is 1.44. The van der Waals surface area contributed by atoms with Crippen molar-refractivity contribution in [2.24, 2.45) is 7.05 Å². The molecule has 0 bridgehead atoms. The molecule has 0 unspecified atom stereocenters. The van der Waals surface area contributed by atoms with E-state index >= 15 is 0 Å². The van der Waals surface area contributed by atoms with Crippen molar-refractivity contribution in [3.8, 4) is 0 Å². The fourth-order valence-corrected chi connectivity index (χ4v) is 3.11. The first-order chi connectivity index (χ1) is 13.1. The fraction of sp³-hybridized carbons (Fsp3) is 0.211. The van der Waals surface area contributed by atoms with E-state index in [1.54, 1.807) is 0 Å². The van der Waals surface area contributed by atoms with Crippen molar-refractivity contribution in [2.45, 2.75) is 19.5 Å². The van der Waals surface area contributed by atoms with Gasteiger partial charge in [-0.15, -0.1) is 5.10 Å². The van der Waals surface area contributed by atoms with Gasteiger partial charge < -0.3 is 9.88 Å². The number of rotatable bonds is 5. The van der Waals surface area contributed by atoms with E-state index in [-0.39, 0.29) is 5.91 Å². The Kier molecular flexibility index (Phi) is 4.37. The molecule has 1 amide bonds. The van der Waals surface area contributed by atoms with E-state index in [4.69, 9.17) is 0 Å². The van der Waals surface area contributed by atoms with E-state index in [1.807, 2.05) is 67.1 Å². The summed E-state index contributed by atoms with van der Waals surface area (Å²) in [5, 5.41) is 14.2. The van der Waals surface area contributed by atoms with Gasteiger partial charge in [0.2, 0.25) is 5.91 Å². The molecule has 0 aliphatic heterocycles. The number of carbonyl (C=O) groups excluding carboxylic acids is 1. The third-order valence-corrected chi connectivity index (χ3v) is 4.63. The third-order valence-electron chi connectivity index (χ3n) is 4.63. The van der Waals surface area contributed by atoms with Gasteiger partial charge in [0.05, 0.1) is 11.0 Å². The maximum Gasteiger partial charge on any atom is 0.249 e. The highest BCUT2D eigenvalue weighted by Crippen LogP contribution is 2.19. The van der Waals surface area contributed by atoms with Crippen molar-refractivity contribution < 1.29 is 4.79 Å². The number of aryl methyl sites for hydroxylation is 2. The molecule has 8 heteroatoms. The molecule has 1 N–H and O–H groups in total. The van der Waals surface area contributed by atoms with Gasteiger partial charge in [-0.3, -0.25) is 4.79 Å². The Hall–Kier alpha value is -3.55. The molecule has 2 heterocycles. The zero-order valence-corrected chi connectivity index (χ0v) is 15.1. The van der Waals surface area contributed by atoms with Crippen molar-refractivity contribution in [2.75, 3.05) is 0 Å². The number of amides is 1. The number of nitrogens with one attached hydrogen (secondary N) is 1. The monoisotopic (exact) mass is 361 g/mol. The number of benzene rings is 2. The summed E-state index contributed by atoms with van der Waals surface area (Å²) in [6, 6.07) is 14.8. The van der Waals surface area contributed by atoms with Gasteiger partial charge in [0, 0.05) is 13.6 Å². The number of nitrogens with zero attached hydrogens (tertiary/aromatic N) is 6. The molecular formula is C19H19N7O. The average Bonchev–Trinajstić information content (AvgIpc) is 3.30. The molecule has 136 valence electrons. The quantitative estimate of drug-likeness (QED) is 0.585. The minimum atomic E-state index is -0.623. The van der Waals surface area contributed by atoms with Crippen molar-refractivity contribution in [3.05, 3.63) is 71.8 Å². The van der Waals surface area contributed by atoms with Crippen LogP contribution >= 0.6 is 0 Å². The number of fused-ring (bicyclic) bond motifs is 1. The highest BCUT2D eigenvalue weighted by Gasteiger charge is 2.23. The van der Waals surface area contributed by atoms with E-state index in [2.05, 4.69) is 25.8 Å². The Morgan fingerprint density at radius 2 is 2.00 bits per heavy atom. The summed E-state index contributed by atoms with van der Waals surface area (Å²) in [5.74, 6) is 0.778. The Balaban J connectivity index is 1.55. The van der Waals surface area contributed by atoms with Gasteiger partial charge in [0.25, 0.3) is 0 Å². The molecule has 0 radical (unpaired) electrons. The van der Waals surface area contributed by atoms with Gasteiger partial charge in [-0.05, 0) is 40.6 Å². The maximum absolute atomic E-state index is 12.9. The van der Waals surface area contributed by atoms with Crippen LogP contribution in [0.4, 0.5) is 0 Å². The van der Waals surface area contributed by atoms with Crippen LogP contribution in [0, 0.1) is 6.92 Å². The average molecular weight is 361 g/mol. The molecule has 0 saturated carbocycles. The van der Waals surface area contributed by atoms with E-state index in [0.29, 0.717) is 6.54 Å². The highest BCUT2D eigenvalue weighted by molar-refractivity contribution is 5.83. The standard InChI is InChI=1S/C19H19N7O/c1-13-22-16-10-14(8-9-17(16)25(13)2)11-20-19(27)18(26-12-21-23-24-26)15-6-4-3-5-7-15/h3-10,12,18H,11H2,1-2H3,(H,20,27)/t18-/m0/s1. The first-order valence-electron chi connectivity index (χ1n) is 8.60. The van der Waals surface area contributed by atoms with Crippen LogP contribution in [0.2, 0.25) is 0 Å². The Morgan fingerprint density at radius 3 is 2.74 bits per heavy atom. The van der Waals surface area contributed by atoms with Crippen LogP contribution in [0.5, 0.6) is 0 Å². The molecule has 8 nitrogen and oxygen atoms in total. The van der Waals surface area contributed by atoms with E-state index in [0.717, 1.165) is 28.0 Å². The number of aromatic nitrogens is 6. The Bertz CT molecular complexity index is 1070. The molecule has 0 aliphatic carbocycles. The lowest BCUT2D eigenvalue weighted by Crippen LogP contribution is -2.33. The van der Waals surface area contributed by atoms with Crippen LogP contribution in [0.1, 0.15) is 23.0 Å². The lowest BCUT2D eigenvalue weighted by Gasteiger charge is -2.16. The van der Waals surface area contributed by atoms with E-state index in [9.17, 15) is 4.79 Å². The normalized spacial score (nSPS) is 12.2. The van der Waals surface area contributed by atoms with Crippen molar-refractivity contribution in [1.29, 1.82) is 0 Å². The molecule has 0 saturated heterocycles. The Labute approximate surface area is 155 Å². The summed E-state index contributed by atoms with van der Waals surface area (Å²) in [5.41, 5.74) is 3.79. The van der Waals surface area contributed by atoms with Gasteiger partial charge >= 0.3 is 0 Å². The van der Waals surface area contributed by atoms with Crippen LogP contribution in [-0.2, 0) is 18.4 Å². The second-order valence-electron chi connectivity index (χ2n) is 6.36. The molecular weight excluding hydrogens is 342 g/mol. The first-order valence-corrected chi connectivity index (χ1v) is 8.60. The Morgan fingerprint density at radius 1 is 1.19 bits per heavy atom. The zero-order chi connectivity index (χ0) is 18.8. The molecule has 2 aromatic carbocycles. The van der Waals surface area contributed by atoms with Crippen LogP contribution in [0.25, 0.3) is 11.0 Å². The number of hydrogen-bond donors (Lipinski definition) is 1. The third kappa shape index (κ3) is 3.29. The summed E-state index contributed by atoms with van der Waals surface area (Å²) >= 11 is 0. The molecule has 27 heavy (non-hydrogen) atoms. The predicted molar refractivity (Wildman–Crippen MR) is 99.7 cm³/mol. The highest BCUT2D eigenvalue weighted by atomic mass is 16.2. The molecule has 4 aromatic rings. The van der Waals surface area contributed by atoms with Crippen LogP contribution < -0.4 is 5.32 Å². The topological polar surface area (TPSA) is 90.5 Å². The molecule has 4 rings (SSSR count). The smallest absolute Gasteiger partial charge is 0.249 e. The molecule has 0 aliphatic rings. The lowest BCUT2D eigenvalue weighted by molar-refractivity contribution is -0.123. The van der Waals surface area contributed by atoms with E-state index in [1.165, 1.54) is 11.0 Å². The molecule has 0 spiro atoms. The van der Waals surface area contributed by atoms with Gasteiger partial charge in [-0.1, -0.05) is 36.4 Å². The van der Waals surface area contributed by atoms with Crippen molar-refractivity contribution >= 4 is 16.9 Å². The number of imidazole rings is 1. The van der Waals surface area contributed by atoms with Gasteiger partial charge in [0.1, 0.15) is 12.2 Å². The second-order valence-corrected chi connectivity index (χ2v) is 6.36. The summed E-state index contributed by atoms with van der Waals surface area (Å²) < 4.78 is 3.50. The number of carbonyl (C=O) groups is 1. The largest absolute Gasteiger partial charge is 0.350 e. The van der Waals surface area contributed by atoms with Crippen molar-refractivity contribution in [1.82, 2.24) is 35.1 Å². The molecule has 0 fully saturated rings. The molecule has 2 aromatic heterocycles. The summed E-state index contributed by atoms with van der Waals surface area (Å²) in [7, 11) is 1.99. The first kappa shape index (κ1) is 16.9. The number of hydrogen-bond acceptors (Lipinski definition) is 5. The number of tetrazole rings is 1. The minimum absolute atomic E-state index is 0.175. The van der Waals surface area contributed by atoms with Gasteiger partial charge in [-0.2, -0.15) is 0 Å². The van der Waals surface area contributed by atoms with Crippen LogP contribution in [0.15, 0.2) is 54.9 Å². The predicted octanol–water partition coefficient (Wildman–Crippen LogP) is 1.77. The minimum Gasteiger partial charge on any atom is -0.350 e. The van der Waals surface area contributed by atoms with E-state index < -0.39 is 6.04 Å². The second kappa shape index (κ2) is 6.99. The van der Waals surface area contributed by atoms with Crippen LogP contribution in [0.3, 0.4) is 0 Å². The van der Waals surface area contributed by atoms with Gasteiger partial charge in [-0.25, -0.2) is 9.67 Å².